The predicted octanol–water partition coefficient (Wildman–Crippen LogP) is 4.87. The van der Waals surface area contributed by atoms with Crippen LogP contribution in [0.15, 0.2) is 23.3 Å². The summed E-state index contributed by atoms with van der Waals surface area (Å²) in [6, 6.07) is 0. The maximum absolute atomic E-state index is 2.33. The summed E-state index contributed by atoms with van der Waals surface area (Å²) in [6.45, 7) is 8.68. The van der Waals surface area contributed by atoms with Crippen molar-refractivity contribution >= 4 is 0 Å². The van der Waals surface area contributed by atoms with Gasteiger partial charge in [-0.1, -0.05) is 29.7 Å². The van der Waals surface area contributed by atoms with Gasteiger partial charge in [0.2, 0.25) is 0 Å². The lowest BCUT2D eigenvalue weighted by molar-refractivity contribution is 0.693. The average molecular weight is 180 g/mol. The fourth-order valence-electron chi connectivity index (χ4n) is 1.25. The molecule has 0 unspecified atom stereocenters. The van der Waals surface area contributed by atoms with Crippen molar-refractivity contribution in [2.24, 2.45) is 0 Å². The van der Waals surface area contributed by atoms with Gasteiger partial charge in [0.05, 0.1) is 0 Å². The molecule has 0 atom stereocenters. The van der Waals surface area contributed by atoms with E-state index in [2.05, 4.69) is 39.8 Å². The molecule has 0 spiro atoms. The Bertz CT molecular complexity index is 144. The first-order valence-corrected chi connectivity index (χ1v) is 5.39. The van der Waals surface area contributed by atoms with E-state index >= 15 is 0 Å². The smallest absolute Gasteiger partial charge is 0.0348 e. The summed E-state index contributed by atoms with van der Waals surface area (Å²) < 4.78 is 0. The molecule has 76 valence electrons. The second-order valence-corrected chi connectivity index (χ2v) is 4.20. The van der Waals surface area contributed by atoms with Gasteiger partial charge in [0, 0.05) is 0 Å². The zero-order valence-electron chi connectivity index (χ0n) is 9.69. The first-order chi connectivity index (χ1) is 6.13. The van der Waals surface area contributed by atoms with Crippen molar-refractivity contribution in [1.82, 2.24) is 0 Å². The molecule has 0 saturated carbocycles. The quantitative estimate of drug-likeness (QED) is 0.404. The van der Waals surface area contributed by atoms with Gasteiger partial charge in [-0.15, -0.1) is 0 Å². The Hall–Kier alpha value is -0.520. The Morgan fingerprint density at radius 3 is 1.38 bits per heavy atom. The highest BCUT2D eigenvalue weighted by atomic mass is 13.9. The minimum absolute atomic E-state index is 1.26. The van der Waals surface area contributed by atoms with Gasteiger partial charge in [0.15, 0.2) is 0 Å². The van der Waals surface area contributed by atoms with E-state index in [1.807, 2.05) is 0 Å². The van der Waals surface area contributed by atoms with E-state index in [-0.39, 0.29) is 0 Å². The number of rotatable bonds is 6. The molecule has 0 heteroatoms. The van der Waals surface area contributed by atoms with Crippen LogP contribution in [0.4, 0.5) is 0 Å². The molecule has 0 heterocycles. The van der Waals surface area contributed by atoms with Gasteiger partial charge in [0.1, 0.15) is 0 Å². The van der Waals surface area contributed by atoms with E-state index < -0.39 is 0 Å². The molecule has 13 heavy (non-hydrogen) atoms. The average Bonchev–Trinajstić information content (AvgIpc) is 2.01. The first kappa shape index (κ1) is 12.5. The Labute approximate surface area is 83.7 Å². The molecule has 0 aromatic heterocycles. The molecule has 0 fully saturated rings. The molecule has 0 amide bonds. The van der Waals surface area contributed by atoms with E-state index in [4.69, 9.17) is 0 Å². The summed E-state index contributed by atoms with van der Waals surface area (Å²) in [5, 5.41) is 0. The van der Waals surface area contributed by atoms with Gasteiger partial charge in [-0.2, -0.15) is 0 Å². The second kappa shape index (κ2) is 8.10. The third-order valence-electron chi connectivity index (χ3n) is 2.01. The van der Waals surface area contributed by atoms with Crippen molar-refractivity contribution in [2.45, 2.75) is 59.8 Å². The van der Waals surface area contributed by atoms with Crippen LogP contribution in [-0.4, -0.2) is 0 Å². The Morgan fingerprint density at radius 2 is 1.08 bits per heavy atom. The van der Waals surface area contributed by atoms with Crippen molar-refractivity contribution in [3.63, 3.8) is 0 Å². The number of hydrogen-bond donors (Lipinski definition) is 0. The Balaban J connectivity index is 3.18. The molecular weight excluding hydrogens is 156 g/mol. The minimum Gasteiger partial charge on any atom is -0.0859 e. The standard InChI is InChI=1S/C13H24/c1-12(2)10-8-6-5-7-9-11-13(3)4/h10-11H,5-9H2,1-4H3. The summed E-state index contributed by atoms with van der Waals surface area (Å²) in [5.74, 6) is 0. The molecule has 0 aromatic rings. The highest BCUT2D eigenvalue weighted by Gasteiger charge is 1.86. The summed E-state index contributed by atoms with van der Waals surface area (Å²) in [4.78, 5) is 0. The molecule has 0 aliphatic rings. The van der Waals surface area contributed by atoms with Crippen molar-refractivity contribution in [3.8, 4) is 0 Å². The van der Waals surface area contributed by atoms with Gasteiger partial charge in [-0.05, 0) is 53.4 Å². The second-order valence-electron chi connectivity index (χ2n) is 4.20. The van der Waals surface area contributed by atoms with Crippen molar-refractivity contribution in [2.75, 3.05) is 0 Å². The molecular formula is C13H24. The van der Waals surface area contributed by atoms with Crippen LogP contribution in [0, 0.1) is 0 Å². The third kappa shape index (κ3) is 11.5. The summed E-state index contributed by atoms with van der Waals surface area (Å²) in [7, 11) is 0. The van der Waals surface area contributed by atoms with Crippen LogP contribution < -0.4 is 0 Å². The SMILES string of the molecule is CC(C)=CCCCCCC=C(C)C. The van der Waals surface area contributed by atoms with E-state index in [1.165, 1.54) is 43.3 Å². The fraction of sp³-hybridized carbons (Fsp3) is 0.692. The van der Waals surface area contributed by atoms with Crippen LogP contribution in [-0.2, 0) is 0 Å². The lowest BCUT2D eigenvalue weighted by Crippen LogP contribution is -1.76. The number of allylic oxidation sites excluding steroid dienone is 4. The van der Waals surface area contributed by atoms with Crippen molar-refractivity contribution < 1.29 is 0 Å². The number of hydrogen-bond acceptors (Lipinski definition) is 0. The molecule has 0 rings (SSSR count). The minimum atomic E-state index is 1.26. The van der Waals surface area contributed by atoms with Crippen molar-refractivity contribution in [1.29, 1.82) is 0 Å². The van der Waals surface area contributed by atoms with Crippen LogP contribution >= 0.6 is 0 Å². The van der Waals surface area contributed by atoms with Crippen LogP contribution in [0.2, 0.25) is 0 Å². The normalized spacial score (nSPS) is 9.54. The predicted molar refractivity (Wildman–Crippen MR) is 61.9 cm³/mol. The van der Waals surface area contributed by atoms with Gasteiger partial charge < -0.3 is 0 Å². The van der Waals surface area contributed by atoms with Crippen molar-refractivity contribution in [3.05, 3.63) is 23.3 Å². The molecule has 0 radical (unpaired) electrons. The Kier molecular flexibility index (Phi) is 7.77. The Morgan fingerprint density at radius 1 is 0.692 bits per heavy atom. The summed E-state index contributed by atoms with van der Waals surface area (Å²) in [6.07, 6.45) is 11.3. The number of unbranched alkanes of at least 4 members (excludes halogenated alkanes) is 4. The molecule has 0 aliphatic heterocycles. The maximum atomic E-state index is 2.33. The molecule has 0 aliphatic carbocycles. The van der Waals surface area contributed by atoms with E-state index in [0.29, 0.717) is 0 Å². The van der Waals surface area contributed by atoms with E-state index in [1.54, 1.807) is 0 Å². The van der Waals surface area contributed by atoms with Gasteiger partial charge in [-0.25, -0.2) is 0 Å². The zero-order chi connectivity index (χ0) is 10.1. The molecule has 0 N–H and O–H groups in total. The van der Waals surface area contributed by atoms with Crippen LogP contribution in [0.25, 0.3) is 0 Å². The highest BCUT2D eigenvalue weighted by Crippen LogP contribution is 2.06. The zero-order valence-corrected chi connectivity index (χ0v) is 9.69. The van der Waals surface area contributed by atoms with E-state index in [0.717, 1.165) is 0 Å². The topological polar surface area (TPSA) is 0 Å². The maximum Gasteiger partial charge on any atom is -0.0348 e. The fourth-order valence-corrected chi connectivity index (χ4v) is 1.25. The molecule has 0 saturated heterocycles. The van der Waals surface area contributed by atoms with Gasteiger partial charge in [0.25, 0.3) is 0 Å². The molecule has 0 nitrogen and oxygen atoms in total. The summed E-state index contributed by atoms with van der Waals surface area (Å²) >= 11 is 0. The molecule has 0 aromatic carbocycles. The van der Waals surface area contributed by atoms with Crippen LogP contribution in [0.3, 0.4) is 0 Å². The summed E-state index contributed by atoms with van der Waals surface area (Å²) in [5.41, 5.74) is 2.90. The third-order valence-corrected chi connectivity index (χ3v) is 2.01. The van der Waals surface area contributed by atoms with Crippen LogP contribution in [0.1, 0.15) is 59.8 Å². The van der Waals surface area contributed by atoms with Gasteiger partial charge in [-0.3, -0.25) is 0 Å². The van der Waals surface area contributed by atoms with Crippen LogP contribution in [0.5, 0.6) is 0 Å². The van der Waals surface area contributed by atoms with Gasteiger partial charge >= 0.3 is 0 Å². The highest BCUT2D eigenvalue weighted by molar-refractivity contribution is 4.93. The largest absolute Gasteiger partial charge is 0.0859 e. The lowest BCUT2D eigenvalue weighted by Gasteiger charge is -1.96. The first-order valence-electron chi connectivity index (χ1n) is 5.39. The van der Waals surface area contributed by atoms with E-state index in [9.17, 15) is 0 Å². The monoisotopic (exact) mass is 180 g/mol. The molecule has 0 bridgehead atoms. The lowest BCUT2D eigenvalue weighted by atomic mass is 10.1.